The normalized spacial score (nSPS) is 10.4. The maximum Gasteiger partial charge on any atom is 0.272 e. The Hall–Kier alpha value is -2.81. The van der Waals surface area contributed by atoms with Gasteiger partial charge in [-0.25, -0.2) is 4.98 Å². The van der Waals surface area contributed by atoms with Gasteiger partial charge in [-0.05, 0) is 19.1 Å². The molecule has 0 N–H and O–H groups in total. The molecule has 0 saturated carbocycles. The molecule has 0 amide bonds. The van der Waals surface area contributed by atoms with Gasteiger partial charge in [-0.2, -0.15) is 14.9 Å². The summed E-state index contributed by atoms with van der Waals surface area (Å²) in [5.74, 6) is 1.17. The van der Waals surface area contributed by atoms with Crippen LogP contribution in [0, 0.1) is 18.3 Å². The van der Waals surface area contributed by atoms with Crippen LogP contribution in [-0.4, -0.2) is 24.8 Å². The van der Waals surface area contributed by atoms with Crippen LogP contribution in [0.4, 0.5) is 0 Å². The second-order valence-corrected chi connectivity index (χ2v) is 3.79. The third kappa shape index (κ3) is 1.58. The van der Waals surface area contributed by atoms with Crippen LogP contribution in [0.5, 0.6) is 0 Å². The molecule has 6 nitrogen and oxygen atoms in total. The predicted molar refractivity (Wildman–Crippen MR) is 63.5 cm³/mol. The van der Waals surface area contributed by atoms with Crippen LogP contribution in [-0.2, 0) is 0 Å². The summed E-state index contributed by atoms with van der Waals surface area (Å²) in [5.41, 5.74) is 2.22. The predicted octanol–water partition coefficient (Wildman–Crippen LogP) is 1.37. The average Bonchev–Trinajstić information content (AvgIpc) is 2.80. The molecule has 0 bridgehead atoms. The molecular formula is C12H8N6. The SMILES string of the molecule is Cc1nnc2nc(-c3ccc(C#N)cc3)cnn12. The fourth-order valence-corrected chi connectivity index (χ4v) is 1.66. The molecule has 3 aromatic rings. The Balaban J connectivity index is 2.10. The van der Waals surface area contributed by atoms with Gasteiger partial charge in [-0.15, -0.1) is 10.2 Å². The smallest absolute Gasteiger partial charge is 0.208 e. The highest BCUT2D eigenvalue weighted by Gasteiger charge is 2.06. The molecule has 0 radical (unpaired) electrons. The molecule has 2 aromatic heterocycles. The summed E-state index contributed by atoms with van der Waals surface area (Å²) in [6.07, 6.45) is 1.66. The minimum absolute atomic E-state index is 0.467. The van der Waals surface area contributed by atoms with Crippen molar-refractivity contribution >= 4 is 5.78 Å². The van der Waals surface area contributed by atoms with Crippen LogP contribution in [0.25, 0.3) is 17.0 Å². The summed E-state index contributed by atoms with van der Waals surface area (Å²) in [7, 11) is 0. The molecule has 86 valence electrons. The number of fused-ring (bicyclic) bond motifs is 1. The van der Waals surface area contributed by atoms with E-state index >= 15 is 0 Å². The van der Waals surface area contributed by atoms with Gasteiger partial charge in [0.05, 0.1) is 23.5 Å². The molecule has 2 heterocycles. The van der Waals surface area contributed by atoms with E-state index in [4.69, 9.17) is 5.26 Å². The second-order valence-electron chi connectivity index (χ2n) is 3.79. The lowest BCUT2D eigenvalue weighted by atomic mass is 10.1. The first-order chi connectivity index (χ1) is 8.78. The molecule has 0 aliphatic carbocycles. The maximum absolute atomic E-state index is 8.74. The van der Waals surface area contributed by atoms with Crippen molar-refractivity contribution in [2.75, 3.05) is 0 Å². The van der Waals surface area contributed by atoms with Crippen molar-refractivity contribution in [2.45, 2.75) is 6.92 Å². The Bertz CT molecular complexity index is 750. The minimum Gasteiger partial charge on any atom is -0.208 e. The van der Waals surface area contributed by atoms with Gasteiger partial charge in [-0.1, -0.05) is 12.1 Å². The Kier molecular flexibility index (Phi) is 2.24. The van der Waals surface area contributed by atoms with Crippen molar-refractivity contribution in [3.8, 4) is 17.3 Å². The third-order valence-electron chi connectivity index (χ3n) is 2.61. The van der Waals surface area contributed by atoms with Gasteiger partial charge in [0, 0.05) is 5.56 Å². The van der Waals surface area contributed by atoms with Gasteiger partial charge >= 0.3 is 0 Å². The lowest BCUT2D eigenvalue weighted by Crippen LogP contribution is -1.97. The summed E-state index contributed by atoms with van der Waals surface area (Å²) < 4.78 is 1.58. The van der Waals surface area contributed by atoms with E-state index < -0.39 is 0 Å². The highest BCUT2D eigenvalue weighted by atomic mass is 15.4. The van der Waals surface area contributed by atoms with E-state index in [2.05, 4.69) is 26.3 Å². The van der Waals surface area contributed by atoms with E-state index in [9.17, 15) is 0 Å². The van der Waals surface area contributed by atoms with Crippen molar-refractivity contribution in [2.24, 2.45) is 0 Å². The Morgan fingerprint density at radius 2 is 1.94 bits per heavy atom. The molecule has 0 atom stereocenters. The topological polar surface area (TPSA) is 79.8 Å². The van der Waals surface area contributed by atoms with Crippen molar-refractivity contribution in [1.29, 1.82) is 5.26 Å². The van der Waals surface area contributed by atoms with E-state index in [0.717, 1.165) is 5.56 Å². The van der Waals surface area contributed by atoms with Crippen LogP contribution in [0.3, 0.4) is 0 Å². The van der Waals surface area contributed by atoms with Crippen molar-refractivity contribution < 1.29 is 0 Å². The lowest BCUT2D eigenvalue weighted by molar-refractivity contribution is 0.859. The number of nitriles is 1. The number of aromatic nitrogens is 5. The lowest BCUT2D eigenvalue weighted by Gasteiger charge is -2.00. The molecule has 3 rings (SSSR count). The highest BCUT2D eigenvalue weighted by Crippen LogP contribution is 2.16. The summed E-state index contributed by atoms with van der Waals surface area (Å²) in [6, 6.07) is 9.24. The van der Waals surface area contributed by atoms with Crippen LogP contribution in [0.15, 0.2) is 30.5 Å². The zero-order valence-electron chi connectivity index (χ0n) is 9.57. The van der Waals surface area contributed by atoms with Crippen molar-refractivity contribution in [1.82, 2.24) is 24.8 Å². The zero-order chi connectivity index (χ0) is 12.5. The van der Waals surface area contributed by atoms with Crippen LogP contribution >= 0.6 is 0 Å². The molecule has 0 aliphatic rings. The van der Waals surface area contributed by atoms with Crippen molar-refractivity contribution in [3.05, 3.63) is 41.9 Å². The zero-order valence-corrected chi connectivity index (χ0v) is 9.57. The average molecular weight is 236 g/mol. The molecule has 0 spiro atoms. The number of benzene rings is 1. The molecule has 1 aromatic carbocycles. The first-order valence-electron chi connectivity index (χ1n) is 5.33. The first kappa shape index (κ1) is 10.4. The number of aryl methyl sites for hydroxylation is 1. The summed E-state index contributed by atoms with van der Waals surface area (Å²) in [5, 5.41) is 20.8. The van der Waals surface area contributed by atoms with E-state index in [1.165, 1.54) is 0 Å². The summed E-state index contributed by atoms with van der Waals surface area (Å²) in [6.45, 7) is 1.82. The minimum atomic E-state index is 0.467. The van der Waals surface area contributed by atoms with Gasteiger partial charge in [0.25, 0.3) is 5.78 Å². The molecule has 6 heteroatoms. The van der Waals surface area contributed by atoms with Crippen molar-refractivity contribution in [3.63, 3.8) is 0 Å². The van der Waals surface area contributed by atoms with Crippen LogP contribution in [0.2, 0.25) is 0 Å². The number of hydrogen-bond acceptors (Lipinski definition) is 5. The first-order valence-corrected chi connectivity index (χ1v) is 5.33. The number of hydrogen-bond donors (Lipinski definition) is 0. The molecular weight excluding hydrogens is 228 g/mol. The molecule has 18 heavy (non-hydrogen) atoms. The number of nitrogens with zero attached hydrogens (tertiary/aromatic N) is 6. The van der Waals surface area contributed by atoms with Gasteiger partial charge < -0.3 is 0 Å². The Morgan fingerprint density at radius 1 is 1.17 bits per heavy atom. The number of rotatable bonds is 1. The van der Waals surface area contributed by atoms with E-state index in [1.807, 2.05) is 19.1 Å². The summed E-state index contributed by atoms with van der Waals surface area (Å²) in [4.78, 5) is 4.37. The molecule has 0 aliphatic heterocycles. The van der Waals surface area contributed by atoms with Crippen LogP contribution in [0.1, 0.15) is 11.4 Å². The second kappa shape index (κ2) is 3.89. The monoisotopic (exact) mass is 236 g/mol. The third-order valence-corrected chi connectivity index (χ3v) is 2.61. The Labute approximate surface area is 103 Å². The van der Waals surface area contributed by atoms with Gasteiger partial charge in [-0.3, -0.25) is 0 Å². The maximum atomic E-state index is 8.74. The largest absolute Gasteiger partial charge is 0.272 e. The molecule has 0 saturated heterocycles. The fourth-order valence-electron chi connectivity index (χ4n) is 1.66. The molecule has 0 unspecified atom stereocenters. The highest BCUT2D eigenvalue weighted by molar-refractivity contribution is 5.60. The Morgan fingerprint density at radius 3 is 2.67 bits per heavy atom. The molecule has 0 fully saturated rings. The van der Waals surface area contributed by atoms with Crippen LogP contribution < -0.4 is 0 Å². The van der Waals surface area contributed by atoms with E-state index in [-0.39, 0.29) is 0 Å². The fraction of sp³-hybridized carbons (Fsp3) is 0.0833. The van der Waals surface area contributed by atoms with E-state index in [0.29, 0.717) is 22.9 Å². The van der Waals surface area contributed by atoms with Gasteiger partial charge in [0.1, 0.15) is 0 Å². The standard InChI is InChI=1S/C12H8N6/c1-8-16-17-12-15-11(7-14-18(8)12)10-4-2-9(6-13)3-5-10/h2-5,7H,1H3. The van der Waals surface area contributed by atoms with E-state index in [1.54, 1.807) is 22.8 Å². The quantitative estimate of drug-likeness (QED) is 0.637. The van der Waals surface area contributed by atoms with Gasteiger partial charge in [0.15, 0.2) is 5.82 Å². The van der Waals surface area contributed by atoms with Gasteiger partial charge in [0.2, 0.25) is 0 Å². The summed E-state index contributed by atoms with van der Waals surface area (Å²) >= 11 is 0.